The Kier molecular flexibility index (Phi) is 6.00. The van der Waals surface area contributed by atoms with E-state index in [9.17, 15) is 5.11 Å². The van der Waals surface area contributed by atoms with Gasteiger partial charge in [-0.25, -0.2) is 0 Å². The number of nitrogens with one attached hydrogen (secondary N) is 2. The van der Waals surface area contributed by atoms with E-state index < -0.39 is 0 Å². The van der Waals surface area contributed by atoms with E-state index in [0.717, 1.165) is 47.8 Å². The van der Waals surface area contributed by atoms with E-state index in [2.05, 4.69) is 29.4 Å². The third kappa shape index (κ3) is 4.83. The van der Waals surface area contributed by atoms with Gasteiger partial charge in [0.2, 0.25) is 0 Å². The number of H-pyrrole nitrogens is 1. The normalized spacial score (nSPS) is 11.8. The van der Waals surface area contributed by atoms with E-state index in [-0.39, 0.29) is 12.0 Å². The lowest BCUT2D eigenvalue weighted by molar-refractivity contribution is 0.148. The SMILES string of the molecule is CC(C)(CO)CCCNCc1cn[nH]c1-c1cccc(Cl)c1. The summed E-state index contributed by atoms with van der Waals surface area (Å²) in [6.45, 7) is 6.08. The fraction of sp³-hybridized carbons (Fsp3) is 0.471. The summed E-state index contributed by atoms with van der Waals surface area (Å²) in [6, 6.07) is 7.75. The first-order chi connectivity index (χ1) is 10.5. The van der Waals surface area contributed by atoms with Crippen LogP contribution in [0.25, 0.3) is 11.3 Å². The Hall–Kier alpha value is -1.36. The first-order valence-corrected chi connectivity index (χ1v) is 7.99. The van der Waals surface area contributed by atoms with E-state index >= 15 is 0 Å². The number of aliphatic hydroxyl groups is 1. The second-order valence-electron chi connectivity index (χ2n) is 6.38. The van der Waals surface area contributed by atoms with Crippen LogP contribution in [0.1, 0.15) is 32.3 Å². The Balaban J connectivity index is 1.86. The monoisotopic (exact) mass is 321 g/mol. The summed E-state index contributed by atoms with van der Waals surface area (Å²) in [5.74, 6) is 0. The van der Waals surface area contributed by atoms with Gasteiger partial charge in [-0.05, 0) is 36.9 Å². The van der Waals surface area contributed by atoms with Crippen LogP contribution in [0, 0.1) is 5.41 Å². The zero-order chi connectivity index (χ0) is 16.0. The molecule has 0 aliphatic heterocycles. The largest absolute Gasteiger partial charge is 0.396 e. The summed E-state index contributed by atoms with van der Waals surface area (Å²) in [6.07, 6.45) is 3.89. The first kappa shape index (κ1) is 17.0. The topological polar surface area (TPSA) is 60.9 Å². The number of hydrogen-bond acceptors (Lipinski definition) is 3. The van der Waals surface area contributed by atoms with Crippen LogP contribution in [0.5, 0.6) is 0 Å². The molecule has 120 valence electrons. The molecule has 5 heteroatoms. The van der Waals surface area contributed by atoms with Crippen molar-refractivity contribution in [1.29, 1.82) is 0 Å². The van der Waals surface area contributed by atoms with Gasteiger partial charge in [0.25, 0.3) is 0 Å². The molecule has 0 bridgehead atoms. The van der Waals surface area contributed by atoms with Crippen molar-refractivity contribution in [2.75, 3.05) is 13.2 Å². The highest BCUT2D eigenvalue weighted by atomic mass is 35.5. The molecule has 0 unspecified atom stereocenters. The van der Waals surface area contributed by atoms with Crippen LogP contribution in [0.4, 0.5) is 0 Å². The Morgan fingerprint density at radius 3 is 2.91 bits per heavy atom. The van der Waals surface area contributed by atoms with E-state index in [1.165, 1.54) is 0 Å². The molecule has 0 saturated heterocycles. The van der Waals surface area contributed by atoms with Crippen LogP contribution < -0.4 is 5.32 Å². The number of aromatic amines is 1. The van der Waals surface area contributed by atoms with Crippen molar-refractivity contribution in [3.05, 3.63) is 41.0 Å². The number of aliphatic hydroxyl groups excluding tert-OH is 1. The molecule has 0 fully saturated rings. The van der Waals surface area contributed by atoms with Gasteiger partial charge in [-0.3, -0.25) is 5.10 Å². The number of benzene rings is 1. The minimum atomic E-state index is 0.00324. The molecule has 4 nitrogen and oxygen atoms in total. The summed E-state index contributed by atoms with van der Waals surface area (Å²) < 4.78 is 0. The van der Waals surface area contributed by atoms with Gasteiger partial charge in [0.1, 0.15) is 0 Å². The Labute approximate surface area is 136 Å². The van der Waals surface area contributed by atoms with Gasteiger partial charge in [0.15, 0.2) is 0 Å². The maximum Gasteiger partial charge on any atom is 0.0695 e. The Morgan fingerprint density at radius 1 is 1.36 bits per heavy atom. The molecule has 0 amide bonds. The Bertz CT molecular complexity index is 595. The molecule has 2 rings (SSSR count). The minimum absolute atomic E-state index is 0.00324. The Morgan fingerprint density at radius 2 is 2.18 bits per heavy atom. The second-order valence-corrected chi connectivity index (χ2v) is 6.82. The first-order valence-electron chi connectivity index (χ1n) is 7.61. The second kappa shape index (κ2) is 7.77. The molecule has 1 aromatic carbocycles. The average molecular weight is 322 g/mol. The summed E-state index contributed by atoms with van der Waals surface area (Å²) >= 11 is 6.05. The van der Waals surface area contributed by atoms with Crippen molar-refractivity contribution in [2.24, 2.45) is 5.41 Å². The molecule has 0 atom stereocenters. The van der Waals surface area contributed by atoms with E-state index in [0.29, 0.717) is 0 Å². The zero-order valence-corrected chi connectivity index (χ0v) is 14.0. The lowest BCUT2D eigenvalue weighted by atomic mass is 9.89. The number of nitrogens with zero attached hydrogens (tertiary/aromatic N) is 1. The minimum Gasteiger partial charge on any atom is -0.396 e. The number of aromatic nitrogens is 2. The van der Waals surface area contributed by atoms with Crippen molar-refractivity contribution < 1.29 is 5.11 Å². The standard InChI is InChI=1S/C17H24ClN3O/c1-17(2,12-22)7-4-8-19-10-14-11-20-21-16(14)13-5-3-6-15(18)9-13/h3,5-6,9,11,19,22H,4,7-8,10,12H2,1-2H3,(H,20,21). The van der Waals surface area contributed by atoms with Crippen molar-refractivity contribution in [3.8, 4) is 11.3 Å². The van der Waals surface area contributed by atoms with Crippen molar-refractivity contribution in [2.45, 2.75) is 33.2 Å². The van der Waals surface area contributed by atoms with Gasteiger partial charge >= 0.3 is 0 Å². The van der Waals surface area contributed by atoms with E-state index in [1.54, 1.807) is 0 Å². The fourth-order valence-electron chi connectivity index (χ4n) is 2.33. The summed E-state index contributed by atoms with van der Waals surface area (Å²) in [5, 5.41) is 20.6. The van der Waals surface area contributed by atoms with Gasteiger partial charge in [0, 0.05) is 29.3 Å². The maximum absolute atomic E-state index is 9.24. The molecule has 3 N–H and O–H groups in total. The maximum atomic E-state index is 9.24. The third-order valence-corrected chi connectivity index (χ3v) is 4.02. The van der Waals surface area contributed by atoms with Crippen molar-refractivity contribution in [3.63, 3.8) is 0 Å². The van der Waals surface area contributed by atoms with Gasteiger partial charge in [-0.1, -0.05) is 37.6 Å². The van der Waals surface area contributed by atoms with E-state index in [4.69, 9.17) is 11.6 Å². The molecule has 0 aliphatic carbocycles. The van der Waals surface area contributed by atoms with E-state index in [1.807, 2.05) is 30.5 Å². The molecule has 0 radical (unpaired) electrons. The molecular weight excluding hydrogens is 298 g/mol. The number of hydrogen-bond donors (Lipinski definition) is 3. The molecule has 0 aliphatic rings. The average Bonchev–Trinajstić information content (AvgIpc) is 2.95. The van der Waals surface area contributed by atoms with Crippen LogP contribution in [0.2, 0.25) is 5.02 Å². The van der Waals surface area contributed by atoms with Crippen LogP contribution in [-0.4, -0.2) is 28.5 Å². The van der Waals surface area contributed by atoms with Gasteiger partial charge in [-0.15, -0.1) is 0 Å². The third-order valence-electron chi connectivity index (χ3n) is 3.78. The van der Waals surface area contributed by atoms with Crippen LogP contribution >= 0.6 is 11.6 Å². The highest BCUT2D eigenvalue weighted by Crippen LogP contribution is 2.24. The lowest BCUT2D eigenvalue weighted by Crippen LogP contribution is -2.21. The smallest absolute Gasteiger partial charge is 0.0695 e. The molecule has 2 aromatic rings. The highest BCUT2D eigenvalue weighted by molar-refractivity contribution is 6.30. The van der Waals surface area contributed by atoms with Crippen molar-refractivity contribution in [1.82, 2.24) is 15.5 Å². The molecule has 1 aromatic heterocycles. The van der Waals surface area contributed by atoms with Crippen LogP contribution in [0.3, 0.4) is 0 Å². The molecular formula is C17H24ClN3O. The summed E-state index contributed by atoms with van der Waals surface area (Å²) in [7, 11) is 0. The van der Waals surface area contributed by atoms with Gasteiger partial charge < -0.3 is 10.4 Å². The van der Waals surface area contributed by atoms with Crippen molar-refractivity contribution >= 4 is 11.6 Å². The number of halogens is 1. The molecule has 0 spiro atoms. The van der Waals surface area contributed by atoms with Gasteiger partial charge in [-0.2, -0.15) is 5.10 Å². The lowest BCUT2D eigenvalue weighted by Gasteiger charge is -2.21. The zero-order valence-electron chi connectivity index (χ0n) is 13.2. The fourth-order valence-corrected chi connectivity index (χ4v) is 2.52. The quantitative estimate of drug-likeness (QED) is 0.651. The summed E-state index contributed by atoms with van der Waals surface area (Å²) in [4.78, 5) is 0. The predicted octanol–water partition coefficient (Wildman–Crippen LogP) is 3.62. The van der Waals surface area contributed by atoms with Crippen LogP contribution in [0.15, 0.2) is 30.5 Å². The molecule has 1 heterocycles. The highest BCUT2D eigenvalue weighted by Gasteiger charge is 2.15. The summed E-state index contributed by atoms with van der Waals surface area (Å²) in [5.41, 5.74) is 3.18. The number of rotatable bonds is 8. The predicted molar refractivity (Wildman–Crippen MR) is 90.8 cm³/mol. The molecule has 0 saturated carbocycles. The van der Waals surface area contributed by atoms with Crippen LogP contribution in [-0.2, 0) is 6.54 Å². The van der Waals surface area contributed by atoms with Gasteiger partial charge in [0.05, 0.1) is 11.9 Å². The molecule has 22 heavy (non-hydrogen) atoms.